The molecule has 2 rings (SSSR count). The first-order valence-electron chi connectivity index (χ1n) is 7.59. The van der Waals surface area contributed by atoms with Gasteiger partial charge in [-0.05, 0) is 18.1 Å². The van der Waals surface area contributed by atoms with E-state index >= 15 is 0 Å². The number of aromatic nitrogens is 1. The number of methoxy groups -OCH3 is 1. The lowest BCUT2D eigenvalue weighted by Crippen LogP contribution is -2.41. The molecule has 2 N–H and O–H groups in total. The number of fused-ring (bicyclic) bond motifs is 1. The molecule has 0 saturated heterocycles. The molecule has 0 unspecified atom stereocenters. The number of rotatable bonds is 7. The molecule has 22 heavy (non-hydrogen) atoms. The van der Waals surface area contributed by atoms with Crippen LogP contribution in [0, 0.1) is 5.92 Å². The van der Waals surface area contributed by atoms with Crippen LogP contribution < -0.4 is 10.1 Å². The number of nitrogens with one attached hydrogen (secondary N) is 1. The summed E-state index contributed by atoms with van der Waals surface area (Å²) >= 11 is 0. The van der Waals surface area contributed by atoms with Crippen molar-refractivity contribution in [3.05, 3.63) is 30.5 Å². The Bertz CT molecular complexity index is 634. The number of carbonyl (C=O) groups is 1. The monoisotopic (exact) mass is 304 g/mol. The number of aliphatic hydroxyl groups is 1. The quantitative estimate of drug-likeness (QED) is 0.824. The third-order valence-electron chi connectivity index (χ3n) is 3.90. The number of para-hydroxylation sites is 1. The Labute approximate surface area is 130 Å². The fourth-order valence-electron chi connectivity index (χ4n) is 2.50. The van der Waals surface area contributed by atoms with Gasteiger partial charge >= 0.3 is 0 Å². The average Bonchev–Trinajstić information content (AvgIpc) is 2.93. The van der Waals surface area contributed by atoms with Gasteiger partial charge < -0.3 is 19.7 Å². The van der Waals surface area contributed by atoms with E-state index in [0.717, 1.165) is 16.7 Å². The molecule has 0 fully saturated rings. The summed E-state index contributed by atoms with van der Waals surface area (Å²) in [6, 6.07) is 7.71. The SMILES string of the molecule is COc1cccc2ccn(CCC(=O)N[C@H](CO)C(C)C)c12. The van der Waals surface area contributed by atoms with Crippen LogP contribution in [0.15, 0.2) is 30.5 Å². The van der Waals surface area contributed by atoms with Crippen LogP contribution in [0.1, 0.15) is 20.3 Å². The molecule has 0 radical (unpaired) electrons. The number of aryl methyl sites for hydroxylation is 1. The fraction of sp³-hybridized carbons (Fsp3) is 0.471. The molecule has 0 bridgehead atoms. The van der Waals surface area contributed by atoms with Crippen molar-refractivity contribution >= 4 is 16.8 Å². The molecule has 1 heterocycles. The van der Waals surface area contributed by atoms with E-state index in [1.54, 1.807) is 7.11 Å². The lowest BCUT2D eigenvalue weighted by molar-refractivity contribution is -0.122. The van der Waals surface area contributed by atoms with Crippen molar-refractivity contribution in [3.63, 3.8) is 0 Å². The first-order chi connectivity index (χ1) is 10.6. The smallest absolute Gasteiger partial charge is 0.222 e. The summed E-state index contributed by atoms with van der Waals surface area (Å²) in [6.45, 7) is 4.49. The van der Waals surface area contributed by atoms with Crippen LogP contribution in [0.25, 0.3) is 10.9 Å². The summed E-state index contributed by atoms with van der Waals surface area (Å²) in [5.41, 5.74) is 1.00. The Balaban J connectivity index is 2.04. The minimum Gasteiger partial charge on any atom is -0.495 e. The molecule has 5 heteroatoms. The Morgan fingerprint density at radius 1 is 1.36 bits per heavy atom. The molecule has 5 nitrogen and oxygen atoms in total. The third kappa shape index (κ3) is 3.60. The van der Waals surface area contributed by atoms with Crippen LogP contribution in [0.5, 0.6) is 5.75 Å². The van der Waals surface area contributed by atoms with E-state index in [0.29, 0.717) is 13.0 Å². The standard InChI is InChI=1S/C17H24N2O3/c1-12(2)14(11-20)18-16(21)8-10-19-9-7-13-5-4-6-15(22-3)17(13)19/h4-7,9,12,14,20H,8,10-11H2,1-3H3,(H,18,21)/t14-/m1/s1. The third-order valence-corrected chi connectivity index (χ3v) is 3.90. The molecular formula is C17H24N2O3. The zero-order valence-electron chi connectivity index (χ0n) is 13.4. The number of aliphatic hydroxyl groups excluding tert-OH is 1. The summed E-state index contributed by atoms with van der Waals surface area (Å²) in [7, 11) is 1.65. The van der Waals surface area contributed by atoms with E-state index in [1.807, 2.05) is 48.9 Å². The molecule has 120 valence electrons. The molecule has 0 aliphatic heterocycles. The van der Waals surface area contributed by atoms with Crippen molar-refractivity contribution in [1.82, 2.24) is 9.88 Å². The zero-order valence-corrected chi connectivity index (χ0v) is 13.4. The van der Waals surface area contributed by atoms with E-state index in [1.165, 1.54) is 0 Å². The summed E-state index contributed by atoms with van der Waals surface area (Å²) in [4.78, 5) is 12.0. The maximum Gasteiger partial charge on any atom is 0.222 e. The van der Waals surface area contributed by atoms with Crippen molar-refractivity contribution in [2.45, 2.75) is 32.9 Å². The molecule has 2 aromatic rings. The number of ether oxygens (including phenoxy) is 1. The van der Waals surface area contributed by atoms with Crippen LogP contribution in [0.3, 0.4) is 0 Å². The molecule has 1 atom stereocenters. The van der Waals surface area contributed by atoms with E-state index in [2.05, 4.69) is 5.32 Å². The lowest BCUT2D eigenvalue weighted by atomic mass is 10.1. The van der Waals surface area contributed by atoms with Gasteiger partial charge in [-0.25, -0.2) is 0 Å². The van der Waals surface area contributed by atoms with E-state index < -0.39 is 0 Å². The molecule has 1 aromatic carbocycles. The predicted octanol–water partition coefficient (Wildman–Crippen LogP) is 2.17. The van der Waals surface area contributed by atoms with Crippen LogP contribution in [-0.4, -0.2) is 35.3 Å². The summed E-state index contributed by atoms with van der Waals surface area (Å²) in [5, 5.41) is 13.2. The maximum absolute atomic E-state index is 12.0. The molecule has 0 aliphatic carbocycles. The number of benzene rings is 1. The number of amides is 1. The van der Waals surface area contributed by atoms with Gasteiger partial charge in [0.25, 0.3) is 0 Å². The normalized spacial score (nSPS) is 12.6. The fourth-order valence-corrected chi connectivity index (χ4v) is 2.50. The average molecular weight is 304 g/mol. The van der Waals surface area contributed by atoms with Crippen molar-refractivity contribution in [1.29, 1.82) is 0 Å². The number of hydrogen-bond acceptors (Lipinski definition) is 3. The van der Waals surface area contributed by atoms with E-state index in [9.17, 15) is 9.90 Å². The van der Waals surface area contributed by atoms with Gasteiger partial charge in [0.15, 0.2) is 0 Å². The summed E-state index contributed by atoms with van der Waals surface area (Å²) in [5.74, 6) is 0.962. The first kappa shape index (κ1) is 16.4. The largest absolute Gasteiger partial charge is 0.495 e. The highest BCUT2D eigenvalue weighted by Gasteiger charge is 2.15. The highest BCUT2D eigenvalue weighted by atomic mass is 16.5. The summed E-state index contributed by atoms with van der Waals surface area (Å²) in [6.07, 6.45) is 2.33. The predicted molar refractivity (Wildman–Crippen MR) is 87.0 cm³/mol. The highest BCUT2D eigenvalue weighted by Crippen LogP contribution is 2.26. The second-order valence-electron chi connectivity index (χ2n) is 5.76. The van der Waals surface area contributed by atoms with Gasteiger partial charge in [0.05, 0.1) is 25.3 Å². The number of hydrogen-bond donors (Lipinski definition) is 2. The van der Waals surface area contributed by atoms with Gasteiger partial charge in [0.1, 0.15) is 5.75 Å². The Kier molecular flexibility index (Phi) is 5.44. The van der Waals surface area contributed by atoms with Crippen molar-refractivity contribution < 1.29 is 14.6 Å². The minimum atomic E-state index is -0.191. The van der Waals surface area contributed by atoms with Gasteiger partial charge in [-0.3, -0.25) is 4.79 Å². The van der Waals surface area contributed by atoms with E-state index in [4.69, 9.17) is 4.74 Å². The van der Waals surface area contributed by atoms with Crippen LogP contribution in [0.2, 0.25) is 0 Å². The van der Waals surface area contributed by atoms with Crippen LogP contribution in [-0.2, 0) is 11.3 Å². The second kappa shape index (κ2) is 7.31. The van der Waals surface area contributed by atoms with Gasteiger partial charge in [-0.1, -0.05) is 26.0 Å². The molecule has 0 spiro atoms. The Morgan fingerprint density at radius 3 is 2.77 bits per heavy atom. The molecule has 0 aliphatic rings. The molecule has 1 amide bonds. The van der Waals surface area contributed by atoms with Crippen molar-refractivity contribution in [3.8, 4) is 5.75 Å². The van der Waals surface area contributed by atoms with Crippen molar-refractivity contribution in [2.75, 3.05) is 13.7 Å². The number of carbonyl (C=O) groups excluding carboxylic acids is 1. The minimum absolute atomic E-state index is 0.0380. The topological polar surface area (TPSA) is 63.5 Å². The lowest BCUT2D eigenvalue weighted by Gasteiger charge is -2.20. The first-order valence-corrected chi connectivity index (χ1v) is 7.59. The second-order valence-corrected chi connectivity index (χ2v) is 5.76. The molecular weight excluding hydrogens is 280 g/mol. The van der Waals surface area contributed by atoms with Crippen LogP contribution in [0.4, 0.5) is 0 Å². The summed E-state index contributed by atoms with van der Waals surface area (Å²) < 4.78 is 7.42. The Morgan fingerprint density at radius 2 is 2.14 bits per heavy atom. The molecule has 0 saturated carbocycles. The maximum atomic E-state index is 12.0. The highest BCUT2D eigenvalue weighted by molar-refractivity contribution is 5.86. The van der Waals surface area contributed by atoms with Crippen molar-refractivity contribution in [2.24, 2.45) is 5.92 Å². The van der Waals surface area contributed by atoms with Gasteiger partial charge in [0.2, 0.25) is 5.91 Å². The van der Waals surface area contributed by atoms with Gasteiger partial charge in [-0.2, -0.15) is 0 Å². The van der Waals surface area contributed by atoms with Gasteiger partial charge in [0, 0.05) is 24.5 Å². The molecule has 1 aromatic heterocycles. The Hall–Kier alpha value is -2.01. The van der Waals surface area contributed by atoms with E-state index in [-0.39, 0.29) is 24.5 Å². The van der Waals surface area contributed by atoms with Gasteiger partial charge in [-0.15, -0.1) is 0 Å². The zero-order chi connectivity index (χ0) is 16.1. The number of nitrogens with zero attached hydrogens (tertiary/aromatic N) is 1. The van der Waals surface area contributed by atoms with Crippen LogP contribution >= 0.6 is 0 Å².